The molecule has 0 aromatic carbocycles. The molecule has 2 aliphatic carbocycles. The fraction of sp³-hybridized carbons (Fsp3) is 0.875. The Morgan fingerprint density at radius 1 is 1.19 bits per heavy atom. The molecular weight excluding hydrogens is 268 g/mol. The molecule has 1 aliphatic heterocycles. The standard InChI is InChI=1S/C16H26N2O3/c19-9-8-17(13-6-3-7-13)16(21)12-10-15(20)18(11-12)14-4-1-2-5-14/h12-14,19H,1-11H2. The highest BCUT2D eigenvalue weighted by atomic mass is 16.3. The maximum Gasteiger partial charge on any atom is 0.228 e. The van der Waals surface area contributed by atoms with Gasteiger partial charge in [0.1, 0.15) is 0 Å². The van der Waals surface area contributed by atoms with E-state index in [1.807, 2.05) is 9.80 Å². The average Bonchev–Trinajstić information content (AvgIpc) is 3.04. The normalized spacial score (nSPS) is 27.2. The molecule has 21 heavy (non-hydrogen) atoms. The van der Waals surface area contributed by atoms with Gasteiger partial charge in [-0.25, -0.2) is 0 Å². The molecule has 0 aromatic rings. The van der Waals surface area contributed by atoms with E-state index in [-0.39, 0.29) is 24.3 Å². The van der Waals surface area contributed by atoms with Gasteiger partial charge in [-0.15, -0.1) is 0 Å². The Kier molecular flexibility index (Phi) is 4.48. The Bertz CT molecular complexity index is 402. The highest BCUT2D eigenvalue weighted by Crippen LogP contribution is 2.32. The zero-order valence-corrected chi connectivity index (χ0v) is 12.7. The molecule has 3 fully saturated rings. The molecule has 118 valence electrons. The van der Waals surface area contributed by atoms with Crippen molar-refractivity contribution in [2.45, 2.75) is 63.5 Å². The number of hydrogen-bond acceptors (Lipinski definition) is 3. The number of likely N-dealkylation sites (tertiary alicyclic amines) is 1. The molecule has 0 spiro atoms. The van der Waals surface area contributed by atoms with Crippen LogP contribution in [0.3, 0.4) is 0 Å². The lowest BCUT2D eigenvalue weighted by molar-refractivity contribution is -0.140. The maximum absolute atomic E-state index is 12.7. The third-order valence-electron chi connectivity index (χ3n) is 5.41. The molecule has 3 rings (SSSR count). The lowest BCUT2D eigenvalue weighted by atomic mass is 9.90. The van der Waals surface area contributed by atoms with Crippen molar-refractivity contribution in [2.24, 2.45) is 5.92 Å². The molecule has 0 radical (unpaired) electrons. The van der Waals surface area contributed by atoms with Gasteiger partial charge in [-0.3, -0.25) is 9.59 Å². The van der Waals surface area contributed by atoms with Crippen LogP contribution in [0.25, 0.3) is 0 Å². The molecule has 1 N–H and O–H groups in total. The Morgan fingerprint density at radius 3 is 2.48 bits per heavy atom. The molecule has 1 heterocycles. The topological polar surface area (TPSA) is 60.9 Å². The molecule has 0 bridgehead atoms. The number of rotatable bonds is 5. The second-order valence-corrected chi connectivity index (χ2v) is 6.73. The van der Waals surface area contributed by atoms with Crippen LogP contribution in [0.2, 0.25) is 0 Å². The molecule has 2 amide bonds. The van der Waals surface area contributed by atoms with E-state index in [1.54, 1.807) is 0 Å². The molecule has 1 unspecified atom stereocenters. The van der Waals surface area contributed by atoms with Gasteiger partial charge < -0.3 is 14.9 Å². The molecule has 1 saturated heterocycles. The zero-order valence-electron chi connectivity index (χ0n) is 12.7. The summed E-state index contributed by atoms with van der Waals surface area (Å²) in [6.07, 6.45) is 8.20. The molecule has 5 nitrogen and oxygen atoms in total. The maximum atomic E-state index is 12.7. The summed E-state index contributed by atoms with van der Waals surface area (Å²) in [6.45, 7) is 1.02. The zero-order chi connectivity index (χ0) is 14.8. The smallest absolute Gasteiger partial charge is 0.228 e. The molecule has 3 aliphatic rings. The van der Waals surface area contributed by atoms with Gasteiger partial charge in [0.25, 0.3) is 0 Å². The first-order chi connectivity index (χ1) is 10.2. The Labute approximate surface area is 126 Å². The minimum atomic E-state index is -0.190. The van der Waals surface area contributed by atoms with Gasteiger partial charge in [-0.2, -0.15) is 0 Å². The number of hydrogen-bond donors (Lipinski definition) is 1. The van der Waals surface area contributed by atoms with Crippen molar-refractivity contribution in [1.29, 1.82) is 0 Å². The van der Waals surface area contributed by atoms with Crippen molar-refractivity contribution >= 4 is 11.8 Å². The summed E-state index contributed by atoms with van der Waals surface area (Å²) in [4.78, 5) is 28.7. The Hall–Kier alpha value is -1.10. The summed E-state index contributed by atoms with van der Waals surface area (Å²) in [5, 5.41) is 9.20. The summed E-state index contributed by atoms with van der Waals surface area (Å²) < 4.78 is 0. The SMILES string of the molecule is O=C1CC(C(=O)N(CCO)C2CCC2)CN1C1CCCC1. The van der Waals surface area contributed by atoms with Gasteiger partial charge in [-0.05, 0) is 32.1 Å². The number of aliphatic hydroxyl groups excluding tert-OH is 1. The van der Waals surface area contributed by atoms with Crippen molar-refractivity contribution in [2.75, 3.05) is 19.7 Å². The van der Waals surface area contributed by atoms with E-state index in [2.05, 4.69) is 0 Å². The summed E-state index contributed by atoms with van der Waals surface area (Å²) >= 11 is 0. The van der Waals surface area contributed by atoms with Crippen LogP contribution in [0.1, 0.15) is 51.4 Å². The van der Waals surface area contributed by atoms with Gasteiger partial charge >= 0.3 is 0 Å². The number of nitrogens with zero attached hydrogens (tertiary/aromatic N) is 2. The van der Waals surface area contributed by atoms with Crippen molar-refractivity contribution < 1.29 is 14.7 Å². The quantitative estimate of drug-likeness (QED) is 0.827. The van der Waals surface area contributed by atoms with Crippen molar-refractivity contribution in [3.63, 3.8) is 0 Å². The summed E-state index contributed by atoms with van der Waals surface area (Å²) in [6, 6.07) is 0.658. The summed E-state index contributed by atoms with van der Waals surface area (Å²) in [5.41, 5.74) is 0. The van der Waals surface area contributed by atoms with Crippen LogP contribution in [0.15, 0.2) is 0 Å². The largest absolute Gasteiger partial charge is 0.395 e. The predicted molar refractivity (Wildman–Crippen MR) is 78.5 cm³/mol. The van der Waals surface area contributed by atoms with Crippen LogP contribution in [-0.4, -0.2) is 58.5 Å². The van der Waals surface area contributed by atoms with E-state index < -0.39 is 0 Å². The summed E-state index contributed by atoms with van der Waals surface area (Å²) in [5.74, 6) is 0.0469. The van der Waals surface area contributed by atoms with E-state index in [0.717, 1.165) is 32.1 Å². The number of amides is 2. The van der Waals surface area contributed by atoms with Crippen molar-refractivity contribution in [3.05, 3.63) is 0 Å². The van der Waals surface area contributed by atoms with Crippen LogP contribution >= 0.6 is 0 Å². The Balaban J connectivity index is 1.62. The lowest BCUT2D eigenvalue weighted by Gasteiger charge is -2.38. The average molecular weight is 294 g/mol. The molecule has 2 saturated carbocycles. The van der Waals surface area contributed by atoms with Crippen LogP contribution in [0.4, 0.5) is 0 Å². The second kappa shape index (κ2) is 6.34. The Morgan fingerprint density at radius 2 is 1.90 bits per heavy atom. The van der Waals surface area contributed by atoms with Crippen LogP contribution in [-0.2, 0) is 9.59 Å². The third kappa shape index (κ3) is 2.93. The fourth-order valence-electron chi connectivity index (χ4n) is 3.98. The second-order valence-electron chi connectivity index (χ2n) is 6.73. The van der Waals surface area contributed by atoms with E-state index >= 15 is 0 Å². The first-order valence-corrected chi connectivity index (χ1v) is 8.41. The van der Waals surface area contributed by atoms with E-state index in [1.165, 1.54) is 12.8 Å². The first kappa shape index (κ1) is 14.8. The molecule has 5 heteroatoms. The minimum Gasteiger partial charge on any atom is -0.395 e. The molecule has 1 atom stereocenters. The van der Waals surface area contributed by atoms with Gasteiger partial charge in [-0.1, -0.05) is 12.8 Å². The number of aliphatic hydroxyl groups is 1. The fourth-order valence-corrected chi connectivity index (χ4v) is 3.98. The van der Waals surface area contributed by atoms with Crippen LogP contribution < -0.4 is 0 Å². The van der Waals surface area contributed by atoms with E-state index in [9.17, 15) is 14.7 Å². The highest BCUT2D eigenvalue weighted by molar-refractivity contribution is 5.89. The monoisotopic (exact) mass is 294 g/mol. The number of carbonyl (C=O) groups excluding carboxylic acids is 2. The molecule has 0 aromatic heterocycles. The molecular formula is C16H26N2O3. The van der Waals surface area contributed by atoms with Crippen molar-refractivity contribution in [3.8, 4) is 0 Å². The van der Waals surface area contributed by atoms with Gasteiger partial charge in [0, 0.05) is 31.6 Å². The van der Waals surface area contributed by atoms with Gasteiger partial charge in [0.15, 0.2) is 0 Å². The van der Waals surface area contributed by atoms with Gasteiger partial charge in [0.05, 0.1) is 12.5 Å². The number of carbonyl (C=O) groups is 2. The van der Waals surface area contributed by atoms with E-state index in [0.29, 0.717) is 31.6 Å². The lowest BCUT2D eigenvalue weighted by Crippen LogP contribution is -2.48. The van der Waals surface area contributed by atoms with Crippen molar-refractivity contribution in [1.82, 2.24) is 9.80 Å². The predicted octanol–water partition coefficient (Wildman–Crippen LogP) is 1.15. The third-order valence-corrected chi connectivity index (χ3v) is 5.41. The highest BCUT2D eigenvalue weighted by Gasteiger charge is 2.41. The van der Waals surface area contributed by atoms with Gasteiger partial charge in [0.2, 0.25) is 11.8 Å². The first-order valence-electron chi connectivity index (χ1n) is 8.41. The van der Waals surface area contributed by atoms with E-state index in [4.69, 9.17) is 0 Å². The van der Waals surface area contributed by atoms with Crippen LogP contribution in [0, 0.1) is 5.92 Å². The summed E-state index contributed by atoms with van der Waals surface area (Å²) in [7, 11) is 0. The van der Waals surface area contributed by atoms with Crippen LogP contribution in [0.5, 0.6) is 0 Å². The minimum absolute atomic E-state index is 0.00917.